The van der Waals surface area contributed by atoms with Gasteiger partial charge in [-0.2, -0.15) is 0 Å². The molecule has 0 unspecified atom stereocenters. The van der Waals surface area contributed by atoms with E-state index in [1.807, 2.05) is 18.2 Å². The number of phenols is 1. The molecular weight excluding hydrogens is 224 g/mol. The molecule has 18 heavy (non-hydrogen) atoms. The summed E-state index contributed by atoms with van der Waals surface area (Å²) in [5.74, 6) is 1.22. The molecule has 3 nitrogen and oxygen atoms in total. The van der Waals surface area contributed by atoms with Crippen LogP contribution in [0.3, 0.4) is 0 Å². The number of rotatable bonds is 5. The summed E-state index contributed by atoms with van der Waals surface area (Å²) < 4.78 is 0. The van der Waals surface area contributed by atoms with Gasteiger partial charge in [-0.1, -0.05) is 25.1 Å². The van der Waals surface area contributed by atoms with Crippen LogP contribution in [0.2, 0.25) is 0 Å². The summed E-state index contributed by atoms with van der Waals surface area (Å²) in [5, 5.41) is 13.2. The molecule has 2 N–H and O–H groups in total. The number of piperidine rings is 1. The monoisotopic (exact) mass is 248 g/mol. The number of nitrogens with one attached hydrogen (secondary N) is 1. The van der Waals surface area contributed by atoms with Gasteiger partial charge >= 0.3 is 0 Å². The van der Waals surface area contributed by atoms with Gasteiger partial charge in [0, 0.05) is 18.7 Å². The van der Waals surface area contributed by atoms with Gasteiger partial charge in [-0.25, -0.2) is 0 Å². The van der Waals surface area contributed by atoms with Crippen LogP contribution in [0.5, 0.6) is 5.75 Å². The summed E-state index contributed by atoms with van der Waals surface area (Å²) in [6.45, 7) is 7.54. The normalized spacial score (nSPS) is 17.2. The molecule has 1 fully saturated rings. The van der Waals surface area contributed by atoms with E-state index in [0.29, 0.717) is 5.75 Å². The molecule has 1 aliphatic heterocycles. The predicted molar refractivity (Wildman–Crippen MR) is 74.7 cm³/mol. The lowest BCUT2D eigenvalue weighted by Gasteiger charge is -2.29. The summed E-state index contributed by atoms with van der Waals surface area (Å²) in [6.07, 6.45) is 2.55. The second kappa shape index (κ2) is 6.76. The Hall–Kier alpha value is -1.06. The van der Waals surface area contributed by atoms with Gasteiger partial charge in [0.25, 0.3) is 0 Å². The number of nitrogens with zero attached hydrogens (tertiary/aromatic N) is 1. The van der Waals surface area contributed by atoms with Crippen LogP contribution in [-0.4, -0.2) is 36.2 Å². The number of hydrogen-bond acceptors (Lipinski definition) is 3. The number of benzene rings is 1. The van der Waals surface area contributed by atoms with Crippen molar-refractivity contribution >= 4 is 0 Å². The number of phenolic OH excluding ortho intramolecular Hbond substituents is 1. The van der Waals surface area contributed by atoms with Crippen LogP contribution in [-0.2, 0) is 6.54 Å². The summed E-state index contributed by atoms with van der Waals surface area (Å²) >= 11 is 0. The third-order valence-electron chi connectivity index (χ3n) is 3.81. The van der Waals surface area contributed by atoms with Crippen LogP contribution >= 0.6 is 0 Å². The lowest BCUT2D eigenvalue weighted by Crippen LogP contribution is -2.35. The second-order valence-electron chi connectivity index (χ2n) is 5.15. The largest absolute Gasteiger partial charge is 0.508 e. The first kappa shape index (κ1) is 13.4. The fraction of sp³-hybridized carbons (Fsp3) is 0.600. The lowest BCUT2D eigenvalue weighted by molar-refractivity contribution is 0.205. The summed E-state index contributed by atoms with van der Waals surface area (Å²) in [4.78, 5) is 2.44. The molecule has 0 spiro atoms. The Balaban J connectivity index is 1.90. The Bertz CT molecular complexity index is 361. The van der Waals surface area contributed by atoms with Crippen LogP contribution in [0.4, 0.5) is 0 Å². The van der Waals surface area contributed by atoms with Crippen molar-refractivity contribution in [1.82, 2.24) is 10.2 Å². The molecule has 1 heterocycles. The van der Waals surface area contributed by atoms with Crippen molar-refractivity contribution in [2.45, 2.75) is 26.3 Å². The second-order valence-corrected chi connectivity index (χ2v) is 5.15. The van der Waals surface area contributed by atoms with Crippen molar-refractivity contribution in [3.05, 3.63) is 29.8 Å². The predicted octanol–water partition coefficient (Wildman–Crippen LogP) is 2.21. The van der Waals surface area contributed by atoms with Crippen LogP contribution in [0.15, 0.2) is 24.3 Å². The van der Waals surface area contributed by atoms with E-state index in [-0.39, 0.29) is 0 Å². The van der Waals surface area contributed by atoms with Crippen LogP contribution in [0.25, 0.3) is 0 Å². The minimum absolute atomic E-state index is 0.418. The fourth-order valence-electron chi connectivity index (χ4n) is 2.62. The van der Waals surface area contributed by atoms with Crippen molar-refractivity contribution in [2.75, 3.05) is 26.2 Å². The zero-order valence-corrected chi connectivity index (χ0v) is 11.2. The average molecular weight is 248 g/mol. The quantitative estimate of drug-likeness (QED) is 0.838. The summed E-state index contributed by atoms with van der Waals surface area (Å²) in [7, 11) is 0. The maximum atomic E-state index is 9.82. The van der Waals surface area contributed by atoms with Gasteiger partial charge in [0.1, 0.15) is 5.75 Å². The lowest BCUT2D eigenvalue weighted by atomic mass is 9.97. The van der Waals surface area contributed by atoms with Gasteiger partial charge in [-0.3, -0.25) is 4.90 Å². The average Bonchev–Trinajstić information content (AvgIpc) is 2.41. The molecule has 100 valence electrons. The van der Waals surface area contributed by atoms with Crippen molar-refractivity contribution in [2.24, 2.45) is 5.92 Å². The fourth-order valence-corrected chi connectivity index (χ4v) is 2.62. The first-order valence-corrected chi connectivity index (χ1v) is 6.99. The molecule has 0 atom stereocenters. The molecule has 0 saturated carbocycles. The molecule has 0 aliphatic carbocycles. The number of aromatic hydroxyl groups is 1. The van der Waals surface area contributed by atoms with E-state index in [9.17, 15) is 5.11 Å². The first-order chi connectivity index (χ1) is 8.79. The van der Waals surface area contributed by atoms with Gasteiger partial charge in [-0.05, 0) is 44.5 Å². The Morgan fingerprint density at radius 1 is 1.28 bits per heavy atom. The van der Waals surface area contributed by atoms with Crippen LogP contribution < -0.4 is 5.32 Å². The van der Waals surface area contributed by atoms with Crippen molar-refractivity contribution < 1.29 is 5.11 Å². The Labute approximate surface area is 110 Å². The van der Waals surface area contributed by atoms with Gasteiger partial charge in [0.2, 0.25) is 0 Å². The first-order valence-electron chi connectivity index (χ1n) is 6.99. The Morgan fingerprint density at radius 3 is 2.67 bits per heavy atom. The molecule has 1 aromatic rings. The summed E-state index contributed by atoms with van der Waals surface area (Å²) in [6, 6.07) is 7.66. The van der Waals surface area contributed by atoms with E-state index in [1.165, 1.54) is 12.8 Å². The molecule has 0 amide bonds. The molecule has 0 radical (unpaired) electrons. The minimum atomic E-state index is 0.418. The smallest absolute Gasteiger partial charge is 0.120 e. The van der Waals surface area contributed by atoms with Gasteiger partial charge in [0.05, 0.1) is 0 Å². The number of hydrogen-bond donors (Lipinski definition) is 2. The van der Waals surface area contributed by atoms with E-state index in [2.05, 4.69) is 17.1 Å². The summed E-state index contributed by atoms with van der Waals surface area (Å²) in [5.41, 5.74) is 1.04. The SMILES string of the molecule is CCN(Cc1ccccc1O)CC1CCNCC1. The third kappa shape index (κ3) is 3.72. The van der Waals surface area contributed by atoms with Gasteiger partial charge in [0.15, 0.2) is 0 Å². The molecule has 1 saturated heterocycles. The molecule has 0 bridgehead atoms. The van der Waals surface area contributed by atoms with Crippen molar-refractivity contribution in [1.29, 1.82) is 0 Å². The highest BCUT2D eigenvalue weighted by atomic mass is 16.3. The molecule has 1 aromatic carbocycles. The number of para-hydroxylation sites is 1. The van der Waals surface area contributed by atoms with Crippen molar-refractivity contribution in [3.63, 3.8) is 0 Å². The maximum Gasteiger partial charge on any atom is 0.120 e. The Morgan fingerprint density at radius 2 is 2.00 bits per heavy atom. The molecule has 3 heteroatoms. The maximum absolute atomic E-state index is 9.82. The van der Waals surface area contributed by atoms with Gasteiger partial charge < -0.3 is 10.4 Å². The third-order valence-corrected chi connectivity index (χ3v) is 3.81. The highest BCUT2D eigenvalue weighted by Gasteiger charge is 2.16. The van der Waals surface area contributed by atoms with E-state index < -0.39 is 0 Å². The van der Waals surface area contributed by atoms with E-state index >= 15 is 0 Å². The van der Waals surface area contributed by atoms with Crippen LogP contribution in [0.1, 0.15) is 25.3 Å². The highest BCUT2D eigenvalue weighted by Crippen LogP contribution is 2.20. The zero-order valence-electron chi connectivity index (χ0n) is 11.2. The molecule has 0 aromatic heterocycles. The van der Waals surface area contributed by atoms with E-state index in [0.717, 1.165) is 44.2 Å². The standard InChI is InChI=1S/C15H24N2O/c1-2-17(11-13-7-9-16-10-8-13)12-14-5-3-4-6-15(14)18/h3-6,13,16,18H,2,7-12H2,1H3. The molecule has 2 rings (SSSR count). The van der Waals surface area contributed by atoms with Gasteiger partial charge in [-0.15, -0.1) is 0 Å². The zero-order chi connectivity index (χ0) is 12.8. The molecular formula is C15H24N2O. The van der Waals surface area contributed by atoms with E-state index in [1.54, 1.807) is 6.07 Å². The highest BCUT2D eigenvalue weighted by molar-refractivity contribution is 5.31. The van der Waals surface area contributed by atoms with Crippen LogP contribution in [0, 0.1) is 5.92 Å². The Kier molecular flexibility index (Phi) is 5.02. The topological polar surface area (TPSA) is 35.5 Å². The van der Waals surface area contributed by atoms with E-state index in [4.69, 9.17) is 0 Å². The van der Waals surface area contributed by atoms with Crippen molar-refractivity contribution in [3.8, 4) is 5.75 Å². The molecule has 1 aliphatic rings. The minimum Gasteiger partial charge on any atom is -0.508 e.